The molecule has 0 unspecified atom stereocenters. The van der Waals surface area contributed by atoms with Crippen LogP contribution in [0.3, 0.4) is 0 Å². The van der Waals surface area contributed by atoms with Crippen molar-refractivity contribution in [1.82, 2.24) is 10.3 Å². The van der Waals surface area contributed by atoms with Crippen LogP contribution in [0.25, 0.3) is 10.8 Å². The number of hydrogen-bond donors (Lipinski definition) is 2. The minimum absolute atomic E-state index is 0.207. The fraction of sp³-hybridized carbons (Fsp3) is 0.176. The second-order valence-electron chi connectivity index (χ2n) is 5.22. The van der Waals surface area contributed by atoms with Gasteiger partial charge in [0.15, 0.2) is 0 Å². The van der Waals surface area contributed by atoms with Crippen LogP contribution in [0.5, 0.6) is 0 Å². The molecule has 0 spiro atoms. The monoisotopic (exact) mass is 296 g/mol. The lowest BCUT2D eigenvalue weighted by atomic mass is 10.1. The fourth-order valence-electron chi connectivity index (χ4n) is 2.43. The van der Waals surface area contributed by atoms with Gasteiger partial charge in [0, 0.05) is 17.0 Å². The first-order valence-corrected chi connectivity index (χ1v) is 7.04. The van der Waals surface area contributed by atoms with Crippen molar-refractivity contribution < 1.29 is 9.21 Å². The second kappa shape index (κ2) is 5.52. The van der Waals surface area contributed by atoms with Gasteiger partial charge in [-0.2, -0.15) is 0 Å². The van der Waals surface area contributed by atoms with Crippen LogP contribution in [0.2, 0.25) is 0 Å². The SMILES string of the molecule is Cc1ccc([C@H](C)NC(=O)c2c[nH]c(=O)c3ccccc23)o1. The number of carbonyl (C=O) groups excluding carboxylic acids is 1. The number of furan rings is 1. The van der Waals surface area contributed by atoms with Gasteiger partial charge in [-0.3, -0.25) is 9.59 Å². The van der Waals surface area contributed by atoms with Crippen LogP contribution in [-0.2, 0) is 0 Å². The predicted molar refractivity (Wildman–Crippen MR) is 83.9 cm³/mol. The summed E-state index contributed by atoms with van der Waals surface area (Å²) in [6.45, 7) is 3.71. The van der Waals surface area contributed by atoms with E-state index < -0.39 is 0 Å². The standard InChI is InChI=1S/C17H16N2O3/c1-10-7-8-15(22-10)11(2)19-17(21)14-9-18-16(20)13-6-4-3-5-12(13)14/h3-9,11H,1-2H3,(H,18,20)(H,19,21)/t11-/m0/s1. The van der Waals surface area contributed by atoms with E-state index in [2.05, 4.69) is 10.3 Å². The van der Waals surface area contributed by atoms with Gasteiger partial charge in [-0.1, -0.05) is 18.2 Å². The minimum Gasteiger partial charge on any atom is -0.464 e. The van der Waals surface area contributed by atoms with Crippen molar-refractivity contribution in [1.29, 1.82) is 0 Å². The Labute approximate surface area is 127 Å². The third-order valence-electron chi connectivity index (χ3n) is 3.59. The van der Waals surface area contributed by atoms with Gasteiger partial charge in [-0.15, -0.1) is 0 Å². The number of rotatable bonds is 3. The van der Waals surface area contributed by atoms with E-state index >= 15 is 0 Å². The number of H-pyrrole nitrogens is 1. The molecule has 3 aromatic rings. The molecule has 0 fully saturated rings. The molecule has 2 aromatic heterocycles. The summed E-state index contributed by atoms with van der Waals surface area (Å²) in [4.78, 5) is 26.9. The minimum atomic E-state index is -0.258. The Kier molecular flexibility index (Phi) is 3.55. The lowest BCUT2D eigenvalue weighted by molar-refractivity contribution is 0.0936. The Morgan fingerprint density at radius 2 is 1.91 bits per heavy atom. The average molecular weight is 296 g/mol. The van der Waals surface area contributed by atoms with Crippen LogP contribution in [0.4, 0.5) is 0 Å². The number of amides is 1. The molecule has 5 nitrogen and oxygen atoms in total. The molecule has 0 bridgehead atoms. The van der Waals surface area contributed by atoms with Crippen LogP contribution in [0.15, 0.2) is 51.8 Å². The van der Waals surface area contributed by atoms with Crippen molar-refractivity contribution in [3.63, 3.8) is 0 Å². The van der Waals surface area contributed by atoms with Gasteiger partial charge >= 0.3 is 0 Å². The zero-order valence-corrected chi connectivity index (χ0v) is 12.3. The first-order valence-electron chi connectivity index (χ1n) is 7.04. The summed E-state index contributed by atoms with van der Waals surface area (Å²) in [6, 6.07) is 10.5. The lowest BCUT2D eigenvalue weighted by Crippen LogP contribution is -2.27. The van der Waals surface area contributed by atoms with Gasteiger partial charge in [-0.05, 0) is 32.0 Å². The summed E-state index contributed by atoms with van der Waals surface area (Å²) >= 11 is 0. The van der Waals surface area contributed by atoms with Gasteiger partial charge in [0.05, 0.1) is 11.6 Å². The summed E-state index contributed by atoms with van der Waals surface area (Å²) in [7, 11) is 0. The number of carbonyl (C=O) groups is 1. The van der Waals surface area contributed by atoms with Crippen molar-refractivity contribution in [2.75, 3.05) is 0 Å². The zero-order chi connectivity index (χ0) is 15.7. The summed E-state index contributed by atoms with van der Waals surface area (Å²) in [5.41, 5.74) is 0.229. The number of nitrogens with one attached hydrogen (secondary N) is 2. The van der Waals surface area contributed by atoms with Gasteiger partial charge in [-0.25, -0.2) is 0 Å². The molecule has 2 N–H and O–H groups in total. The third kappa shape index (κ3) is 2.53. The third-order valence-corrected chi connectivity index (χ3v) is 3.59. The van der Waals surface area contributed by atoms with Crippen molar-refractivity contribution in [2.24, 2.45) is 0 Å². The summed E-state index contributed by atoms with van der Waals surface area (Å²) < 4.78 is 5.52. The molecule has 0 saturated heterocycles. The van der Waals surface area contributed by atoms with Crippen molar-refractivity contribution in [3.05, 3.63) is 70.0 Å². The molecule has 1 aromatic carbocycles. The van der Waals surface area contributed by atoms with Crippen molar-refractivity contribution >= 4 is 16.7 Å². The summed E-state index contributed by atoms with van der Waals surface area (Å²) in [5, 5.41) is 4.01. The Morgan fingerprint density at radius 1 is 1.18 bits per heavy atom. The van der Waals surface area contributed by atoms with Crippen molar-refractivity contribution in [2.45, 2.75) is 19.9 Å². The number of fused-ring (bicyclic) bond motifs is 1. The van der Waals surface area contributed by atoms with E-state index in [1.165, 1.54) is 6.20 Å². The number of pyridine rings is 1. The van der Waals surface area contributed by atoms with Crippen LogP contribution in [0.1, 0.15) is 34.8 Å². The zero-order valence-electron chi connectivity index (χ0n) is 12.3. The molecule has 0 aliphatic heterocycles. The van der Waals surface area contributed by atoms with Gasteiger partial charge in [0.1, 0.15) is 11.5 Å². The number of aromatic nitrogens is 1. The van der Waals surface area contributed by atoms with Gasteiger partial charge in [0.25, 0.3) is 11.5 Å². The topological polar surface area (TPSA) is 75.1 Å². The average Bonchev–Trinajstić information content (AvgIpc) is 2.94. The van der Waals surface area contributed by atoms with Crippen LogP contribution < -0.4 is 10.9 Å². The molecule has 3 rings (SSSR count). The molecule has 0 aliphatic carbocycles. The maximum atomic E-state index is 12.5. The van der Waals surface area contributed by atoms with E-state index in [-0.39, 0.29) is 17.5 Å². The van der Waals surface area contributed by atoms with Gasteiger partial charge in [0.2, 0.25) is 0 Å². The maximum Gasteiger partial charge on any atom is 0.255 e. The van der Waals surface area contributed by atoms with E-state index in [9.17, 15) is 9.59 Å². The molecule has 22 heavy (non-hydrogen) atoms. The number of aromatic amines is 1. The molecular formula is C17H16N2O3. The van der Waals surface area contributed by atoms with E-state index in [1.807, 2.05) is 26.0 Å². The Morgan fingerprint density at radius 3 is 2.59 bits per heavy atom. The first kappa shape index (κ1) is 14.1. The molecule has 1 atom stereocenters. The molecule has 0 aliphatic rings. The highest BCUT2D eigenvalue weighted by atomic mass is 16.3. The van der Waals surface area contributed by atoms with E-state index in [4.69, 9.17) is 4.42 Å². The number of benzene rings is 1. The van der Waals surface area contributed by atoms with Crippen LogP contribution in [0, 0.1) is 6.92 Å². The highest BCUT2D eigenvalue weighted by molar-refractivity contribution is 6.06. The van der Waals surface area contributed by atoms with Crippen LogP contribution in [-0.4, -0.2) is 10.9 Å². The largest absolute Gasteiger partial charge is 0.464 e. The molecular weight excluding hydrogens is 280 g/mol. The molecule has 1 amide bonds. The summed E-state index contributed by atoms with van der Waals surface area (Å²) in [6.07, 6.45) is 1.44. The highest BCUT2D eigenvalue weighted by Crippen LogP contribution is 2.18. The Hall–Kier alpha value is -2.82. The normalized spacial score (nSPS) is 12.3. The van der Waals surface area contributed by atoms with E-state index in [0.29, 0.717) is 22.1 Å². The Bertz CT molecular complexity index is 892. The molecule has 2 heterocycles. The second-order valence-corrected chi connectivity index (χ2v) is 5.22. The maximum absolute atomic E-state index is 12.5. The highest BCUT2D eigenvalue weighted by Gasteiger charge is 2.16. The quantitative estimate of drug-likeness (QED) is 0.780. The molecule has 0 saturated carbocycles. The molecule has 0 radical (unpaired) electrons. The Balaban J connectivity index is 1.93. The number of hydrogen-bond acceptors (Lipinski definition) is 3. The molecule has 5 heteroatoms. The van der Waals surface area contributed by atoms with Crippen molar-refractivity contribution in [3.8, 4) is 0 Å². The predicted octanol–water partition coefficient (Wildman–Crippen LogP) is 2.92. The first-order chi connectivity index (χ1) is 10.6. The van der Waals surface area contributed by atoms with E-state index in [1.54, 1.807) is 24.3 Å². The smallest absolute Gasteiger partial charge is 0.255 e. The fourth-order valence-corrected chi connectivity index (χ4v) is 2.43. The number of aryl methyl sites for hydroxylation is 1. The lowest BCUT2D eigenvalue weighted by Gasteiger charge is -2.12. The summed E-state index contributed by atoms with van der Waals surface area (Å²) in [5.74, 6) is 1.24. The molecule has 112 valence electrons. The van der Waals surface area contributed by atoms with Gasteiger partial charge < -0.3 is 14.7 Å². The van der Waals surface area contributed by atoms with Crippen LogP contribution >= 0.6 is 0 Å². The van der Waals surface area contributed by atoms with E-state index in [0.717, 1.165) is 5.76 Å².